The molecule has 3 saturated heterocycles. The molecule has 0 spiro atoms. The molecule has 3 heterocycles. The zero-order chi connectivity index (χ0) is 18.6. The van der Waals surface area contributed by atoms with E-state index in [0.29, 0.717) is 31.5 Å². The molecule has 1 aromatic carbocycles. The Kier molecular flexibility index (Phi) is 5.77. The number of rotatable bonds is 4. The van der Waals surface area contributed by atoms with E-state index < -0.39 is 0 Å². The highest BCUT2D eigenvalue weighted by Gasteiger charge is 2.36. The molecule has 5 nitrogen and oxygen atoms in total. The third-order valence-electron chi connectivity index (χ3n) is 6.62. The summed E-state index contributed by atoms with van der Waals surface area (Å²) in [5.41, 5.74) is 1.40. The van der Waals surface area contributed by atoms with Gasteiger partial charge < -0.3 is 10.2 Å². The minimum absolute atomic E-state index is 0.142. The SMILES string of the molecule is O=C1CC2CCCC(CN1)N2CC(=O)N1CCC(Cc2ccccc2)CC1. The fraction of sp³-hybridized carbons (Fsp3) is 0.636. The van der Waals surface area contributed by atoms with Crippen molar-refractivity contribution in [3.8, 4) is 0 Å². The number of carbonyl (C=O) groups is 2. The Bertz CT molecular complexity index is 655. The highest BCUT2D eigenvalue weighted by molar-refractivity contribution is 5.79. The van der Waals surface area contributed by atoms with Crippen LogP contribution < -0.4 is 5.32 Å². The molecule has 3 fully saturated rings. The summed E-state index contributed by atoms with van der Waals surface area (Å²) in [7, 11) is 0. The van der Waals surface area contributed by atoms with Crippen LogP contribution in [0.3, 0.4) is 0 Å². The summed E-state index contributed by atoms with van der Waals surface area (Å²) < 4.78 is 0. The van der Waals surface area contributed by atoms with Gasteiger partial charge in [-0.05, 0) is 43.6 Å². The topological polar surface area (TPSA) is 52.7 Å². The molecule has 1 aromatic rings. The van der Waals surface area contributed by atoms with Gasteiger partial charge in [-0.25, -0.2) is 0 Å². The maximum Gasteiger partial charge on any atom is 0.236 e. The molecule has 5 heteroatoms. The Morgan fingerprint density at radius 2 is 1.78 bits per heavy atom. The van der Waals surface area contributed by atoms with Crippen molar-refractivity contribution in [2.75, 3.05) is 26.2 Å². The van der Waals surface area contributed by atoms with Gasteiger partial charge in [0.15, 0.2) is 0 Å². The van der Waals surface area contributed by atoms with Crippen LogP contribution in [0.2, 0.25) is 0 Å². The quantitative estimate of drug-likeness (QED) is 0.885. The van der Waals surface area contributed by atoms with E-state index in [0.717, 1.165) is 45.2 Å². The monoisotopic (exact) mass is 369 g/mol. The zero-order valence-corrected chi connectivity index (χ0v) is 16.1. The predicted octanol–water partition coefficient (Wildman–Crippen LogP) is 2.21. The van der Waals surface area contributed by atoms with Crippen LogP contribution in [-0.2, 0) is 16.0 Å². The molecule has 2 amide bonds. The van der Waals surface area contributed by atoms with E-state index in [1.54, 1.807) is 0 Å². The molecule has 1 N–H and O–H groups in total. The maximum absolute atomic E-state index is 12.9. The van der Waals surface area contributed by atoms with Crippen LogP contribution in [0.4, 0.5) is 0 Å². The van der Waals surface area contributed by atoms with Crippen molar-refractivity contribution in [3.63, 3.8) is 0 Å². The van der Waals surface area contributed by atoms with Gasteiger partial charge in [-0.2, -0.15) is 0 Å². The van der Waals surface area contributed by atoms with Crippen LogP contribution in [0, 0.1) is 5.92 Å². The third-order valence-corrected chi connectivity index (χ3v) is 6.62. The number of amides is 2. The fourth-order valence-corrected chi connectivity index (χ4v) is 5.02. The third kappa shape index (κ3) is 4.52. The molecule has 2 atom stereocenters. The molecule has 0 aliphatic carbocycles. The second kappa shape index (κ2) is 8.42. The van der Waals surface area contributed by atoms with Gasteiger partial charge in [0, 0.05) is 38.1 Å². The van der Waals surface area contributed by atoms with E-state index in [1.165, 1.54) is 12.0 Å². The lowest BCUT2D eigenvalue weighted by Gasteiger charge is -2.41. The number of hydrogen-bond donors (Lipinski definition) is 1. The van der Waals surface area contributed by atoms with E-state index in [9.17, 15) is 9.59 Å². The summed E-state index contributed by atoms with van der Waals surface area (Å²) in [5, 5.41) is 3.02. The molecular formula is C22H31N3O2. The summed E-state index contributed by atoms with van der Waals surface area (Å²) >= 11 is 0. The summed E-state index contributed by atoms with van der Waals surface area (Å²) in [4.78, 5) is 29.2. The number of nitrogens with zero attached hydrogens (tertiary/aromatic N) is 2. The Hall–Kier alpha value is -1.88. The molecule has 4 rings (SSSR count). The lowest BCUT2D eigenvalue weighted by Crippen LogP contribution is -2.53. The van der Waals surface area contributed by atoms with Gasteiger partial charge in [0.05, 0.1) is 6.54 Å². The Morgan fingerprint density at radius 3 is 2.56 bits per heavy atom. The Morgan fingerprint density at radius 1 is 1.04 bits per heavy atom. The first-order valence-electron chi connectivity index (χ1n) is 10.5. The second-order valence-corrected chi connectivity index (χ2v) is 8.43. The Balaban J connectivity index is 1.30. The van der Waals surface area contributed by atoms with Gasteiger partial charge in [0.25, 0.3) is 0 Å². The molecule has 0 aromatic heterocycles. The number of benzene rings is 1. The van der Waals surface area contributed by atoms with Crippen LogP contribution >= 0.6 is 0 Å². The molecule has 2 unspecified atom stereocenters. The largest absolute Gasteiger partial charge is 0.354 e. The van der Waals surface area contributed by atoms with Crippen LogP contribution in [0.15, 0.2) is 30.3 Å². The van der Waals surface area contributed by atoms with Gasteiger partial charge in [-0.3, -0.25) is 14.5 Å². The van der Waals surface area contributed by atoms with Crippen molar-refractivity contribution in [2.24, 2.45) is 5.92 Å². The van der Waals surface area contributed by atoms with Crippen LogP contribution in [0.5, 0.6) is 0 Å². The number of likely N-dealkylation sites (tertiary alicyclic amines) is 1. The second-order valence-electron chi connectivity index (χ2n) is 8.43. The fourth-order valence-electron chi connectivity index (χ4n) is 5.02. The van der Waals surface area contributed by atoms with Crippen molar-refractivity contribution in [1.82, 2.24) is 15.1 Å². The van der Waals surface area contributed by atoms with E-state index >= 15 is 0 Å². The molecule has 3 aliphatic rings. The minimum atomic E-state index is 0.142. The van der Waals surface area contributed by atoms with Crippen molar-refractivity contribution in [3.05, 3.63) is 35.9 Å². The lowest BCUT2D eigenvalue weighted by atomic mass is 9.90. The average Bonchev–Trinajstić information content (AvgIpc) is 2.76. The van der Waals surface area contributed by atoms with Crippen molar-refractivity contribution in [1.29, 1.82) is 0 Å². The lowest BCUT2D eigenvalue weighted by molar-refractivity contribution is -0.136. The highest BCUT2D eigenvalue weighted by Crippen LogP contribution is 2.27. The highest BCUT2D eigenvalue weighted by atomic mass is 16.2. The van der Waals surface area contributed by atoms with Crippen LogP contribution in [0.25, 0.3) is 0 Å². The van der Waals surface area contributed by atoms with Gasteiger partial charge in [-0.15, -0.1) is 0 Å². The predicted molar refractivity (Wildman–Crippen MR) is 105 cm³/mol. The number of hydrogen-bond acceptors (Lipinski definition) is 3. The van der Waals surface area contributed by atoms with Gasteiger partial charge in [-0.1, -0.05) is 36.8 Å². The number of nitrogens with one attached hydrogen (secondary N) is 1. The Labute approximate surface area is 162 Å². The van der Waals surface area contributed by atoms with Gasteiger partial charge >= 0.3 is 0 Å². The number of piperidine rings is 2. The number of carbonyl (C=O) groups excluding carboxylic acids is 2. The molecular weight excluding hydrogens is 338 g/mol. The van der Waals surface area contributed by atoms with Crippen molar-refractivity contribution >= 4 is 11.8 Å². The van der Waals surface area contributed by atoms with E-state index in [-0.39, 0.29) is 17.9 Å². The molecule has 0 saturated carbocycles. The summed E-state index contributed by atoms with van der Waals surface area (Å²) in [6, 6.07) is 11.2. The summed E-state index contributed by atoms with van der Waals surface area (Å²) in [5.74, 6) is 1.07. The molecule has 3 aliphatic heterocycles. The molecule has 27 heavy (non-hydrogen) atoms. The van der Waals surface area contributed by atoms with Gasteiger partial charge in [0.1, 0.15) is 0 Å². The number of fused-ring (bicyclic) bond motifs is 2. The standard InChI is InChI=1S/C22H31N3O2/c26-21-14-19-7-4-8-20(15-23-21)25(19)16-22(27)24-11-9-18(10-12-24)13-17-5-2-1-3-6-17/h1-3,5-6,18-20H,4,7-16H2,(H,23,26). The normalized spacial score (nSPS) is 27.1. The molecule has 2 bridgehead atoms. The summed E-state index contributed by atoms with van der Waals surface area (Å²) in [6.45, 7) is 2.92. The van der Waals surface area contributed by atoms with Crippen LogP contribution in [0.1, 0.15) is 44.1 Å². The van der Waals surface area contributed by atoms with Crippen molar-refractivity contribution in [2.45, 2.75) is 57.0 Å². The van der Waals surface area contributed by atoms with E-state index in [2.05, 4.69) is 45.4 Å². The smallest absolute Gasteiger partial charge is 0.236 e. The van der Waals surface area contributed by atoms with E-state index in [1.807, 2.05) is 0 Å². The van der Waals surface area contributed by atoms with Crippen LogP contribution in [-0.4, -0.2) is 59.9 Å². The first-order chi connectivity index (χ1) is 13.2. The average molecular weight is 370 g/mol. The minimum Gasteiger partial charge on any atom is -0.354 e. The van der Waals surface area contributed by atoms with Crippen molar-refractivity contribution < 1.29 is 9.59 Å². The molecule has 0 radical (unpaired) electrons. The van der Waals surface area contributed by atoms with Gasteiger partial charge in [0.2, 0.25) is 11.8 Å². The maximum atomic E-state index is 12.9. The first-order valence-corrected chi connectivity index (χ1v) is 10.5. The first kappa shape index (κ1) is 18.5. The summed E-state index contributed by atoms with van der Waals surface area (Å²) in [6.07, 6.45) is 7.14. The molecule has 146 valence electrons. The zero-order valence-electron chi connectivity index (χ0n) is 16.1. The van der Waals surface area contributed by atoms with E-state index in [4.69, 9.17) is 0 Å².